The summed E-state index contributed by atoms with van der Waals surface area (Å²) in [5, 5.41) is 8.22. The van der Waals surface area contributed by atoms with Crippen molar-refractivity contribution in [3.05, 3.63) is 0 Å². The molecule has 0 aromatic heterocycles. The zero-order chi connectivity index (χ0) is 10.7. The Morgan fingerprint density at radius 2 is 2.07 bits per heavy atom. The van der Waals surface area contributed by atoms with Crippen LogP contribution in [0.1, 0.15) is 33.1 Å². The third-order valence-electron chi connectivity index (χ3n) is 2.56. The minimum absolute atomic E-state index is 0.0486. The predicted molar refractivity (Wildman–Crippen MR) is 56.6 cm³/mol. The van der Waals surface area contributed by atoms with Gasteiger partial charge in [-0.2, -0.15) is 0 Å². The van der Waals surface area contributed by atoms with Crippen LogP contribution < -0.4 is 0 Å². The molecular weight excluding hydrogens is 200 g/mol. The molecule has 3 nitrogen and oxygen atoms in total. The minimum atomic E-state index is -1.20. The fraction of sp³-hybridized carbons (Fsp3) is 0.900. The predicted octanol–water partition coefficient (Wildman–Crippen LogP) is 1.64. The largest absolute Gasteiger partial charge is 0.480 e. The van der Waals surface area contributed by atoms with Crippen molar-refractivity contribution in [3.8, 4) is 0 Å². The summed E-state index contributed by atoms with van der Waals surface area (Å²) in [5.74, 6) is 0.307. The number of carbonyl (C=O) groups is 1. The Balaban J connectivity index is 2.40. The Kier molecular flexibility index (Phi) is 4.11. The molecule has 0 bridgehead atoms. The van der Waals surface area contributed by atoms with Gasteiger partial charge < -0.3 is 5.11 Å². The first kappa shape index (κ1) is 11.7. The fourth-order valence-corrected chi connectivity index (χ4v) is 3.17. The smallest absolute Gasteiger partial charge is 0.319 e. The van der Waals surface area contributed by atoms with E-state index in [2.05, 4.69) is 0 Å². The van der Waals surface area contributed by atoms with E-state index >= 15 is 0 Å². The van der Waals surface area contributed by atoms with Crippen molar-refractivity contribution in [2.75, 3.05) is 5.75 Å². The average molecular weight is 218 g/mol. The van der Waals surface area contributed by atoms with Gasteiger partial charge in [-0.1, -0.05) is 26.7 Å². The molecule has 0 spiro atoms. The number of carboxylic acid groups (broad SMARTS) is 1. The molecule has 1 aliphatic rings. The van der Waals surface area contributed by atoms with E-state index in [1.807, 2.05) is 13.8 Å². The molecule has 1 N–H and O–H groups in total. The molecule has 0 heterocycles. The molecule has 0 aromatic rings. The van der Waals surface area contributed by atoms with E-state index in [0.717, 1.165) is 12.3 Å². The first-order valence-electron chi connectivity index (χ1n) is 5.12. The van der Waals surface area contributed by atoms with Crippen LogP contribution in [0, 0.1) is 11.8 Å². The Labute approximate surface area is 87.3 Å². The van der Waals surface area contributed by atoms with Crippen LogP contribution in [-0.4, -0.2) is 26.3 Å². The van der Waals surface area contributed by atoms with Crippen LogP contribution in [0.4, 0.5) is 0 Å². The van der Waals surface area contributed by atoms with E-state index in [-0.39, 0.29) is 5.92 Å². The third kappa shape index (κ3) is 3.40. The van der Waals surface area contributed by atoms with Crippen molar-refractivity contribution in [3.63, 3.8) is 0 Å². The molecule has 1 fully saturated rings. The van der Waals surface area contributed by atoms with Gasteiger partial charge in [0.05, 0.1) is 0 Å². The highest BCUT2D eigenvalue weighted by Gasteiger charge is 2.29. The van der Waals surface area contributed by atoms with Crippen LogP contribution in [0.5, 0.6) is 0 Å². The second-order valence-corrected chi connectivity index (χ2v) is 6.00. The lowest BCUT2D eigenvalue weighted by molar-refractivity contribution is -0.137. The normalized spacial score (nSPS) is 20.8. The summed E-state index contributed by atoms with van der Waals surface area (Å²) in [4.78, 5) is 10.8. The van der Waals surface area contributed by atoms with E-state index in [1.54, 1.807) is 0 Å². The summed E-state index contributed by atoms with van der Waals surface area (Å²) in [5.41, 5.74) is 0. The second-order valence-electron chi connectivity index (χ2n) is 4.32. The van der Waals surface area contributed by atoms with Gasteiger partial charge in [-0.15, -0.1) is 0 Å². The SMILES string of the molecule is CC(C)C(C(=O)O)S(=O)CCC1CC1. The molecule has 0 amide bonds. The summed E-state index contributed by atoms with van der Waals surface area (Å²) in [6.07, 6.45) is 3.40. The number of carboxylic acids is 1. The highest BCUT2D eigenvalue weighted by atomic mass is 32.2. The Morgan fingerprint density at radius 1 is 1.50 bits per heavy atom. The maximum atomic E-state index is 11.7. The highest BCUT2D eigenvalue weighted by Crippen LogP contribution is 2.32. The number of hydrogen-bond donors (Lipinski definition) is 1. The van der Waals surface area contributed by atoms with Gasteiger partial charge in [-0.05, 0) is 18.3 Å². The lowest BCUT2D eigenvalue weighted by atomic mass is 10.1. The standard InChI is InChI=1S/C10H18O3S/c1-7(2)9(10(11)12)14(13)6-5-8-3-4-8/h7-9H,3-6H2,1-2H3,(H,11,12). The van der Waals surface area contributed by atoms with E-state index in [0.29, 0.717) is 5.75 Å². The third-order valence-corrected chi connectivity index (χ3v) is 4.51. The Hall–Kier alpha value is -0.380. The maximum Gasteiger partial charge on any atom is 0.319 e. The lowest BCUT2D eigenvalue weighted by Crippen LogP contribution is -2.32. The van der Waals surface area contributed by atoms with Crippen LogP contribution in [0.3, 0.4) is 0 Å². The number of aliphatic carboxylic acids is 1. The molecule has 0 aliphatic heterocycles. The minimum Gasteiger partial charge on any atom is -0.480 e. The van der Waals surface area contributed by atoms with Gasteiger partial charge in [0.2, 0.25) is 0 Å². The quantitative estimate of drug-likeness (QED) is 0.737. The van der Waals surface area contributed by atoms with Crippen molar-refractivity contribution in [2.45, 2.75) is 38.4 Å². The van der Waals surface area contributed by atoms with Crippen molar-refractivity contribution in [1.82, 2.24) is 0 Å². The summed E-state index contributed by atoms with van der Waals surface area (Å²) in [6, 6.07) is 0. The fourth-order valence-electron chi connectivity index (χ4n) is 1.52. The van der Waals surface area contributed by atoms with Gasteiger partial charge in [0.15, 0.2) is 0 Å². The molecule has 0 radical (unpaired) electrons. The summed E-state index contributed by atoms with van der Waals surface area (Å²) in [7, 11) is -1.20. The average Bonchev–Trinajstić information content (AvgIpc) is 2.81. The zero-order valence-corrected chi connectivity index (χ0v) is 9.55. The van der Waals surface area contributed by atoms with Crippen molar-refractivity contribution >= 4 is 16.8 Å². The molecular formula is C10H18O3S. The molecule has 2 unspecified atom stereocenters. The molecule has 2 atom stereocenters. The highest BCUT2D eigenvalue weighted by molar-refractivity contribution is 7.86. The van der Waals surface area contributed by atoms with E-state index < -0.39 is 22.0 Å². The van der Waals surface area contributed by atoms with Crippen molar-refractivity contribution in [2.24, 2.45) is 11.8 Å². The van der Waals surface area contributed by atoms with E-state index in [9.17, 15) is 9.00 Å². The van der Waals surface area contributed by atoms with Gasteiger partial charge in [0, 0.05) is 16.6 Å². The molecule has 0 saturated heterocycles. The van der Waals surface area contributed by atoms with Gasteiger partial charge in [-0.3, -0.25) is 9.00 Å². The molecule has 1 saturated carbocycles. The maximum absolute atomic E-state index is 11.7. The first-order valence-corrected chi connectivity index (χ1v) is 6.50. The molecule has 1 rings (SSSR count). The first-order chi connectivity index (χ1) is 6.52. The van der Waals surface area contributed by atoms with Gasteiger partial charge >= 0.3 is 5.97 Å². The van der Waals surface area contributed by atoms with Crippen LogP contribution in [0.15, 0.2) is 0 Å². The van der Waals surface area contributed by atoms with Crippen molar-refractivity contribution in [1.29, 1.82) is 0 Å². The summed E-state index contributed by atoms with van der Waals surface area (Å²) >= 11 is 0. The van der Waals surface area contributed by atoms with Gasteiger partial charge in [0.1, 0.15) is 5.25 Å². The Morgan fingerprint density at radius 3 is 2.43 bits per heavy atom. The van der Waals surface area contributed by atoms with Gasteiger partial charge in [-0.25, -0.2) is 0 Å². The van der Waals surface area contributed by atoms with Crippen LogP contribution in [0.2, 0.25) is 0 Å². The number of rotatable bonds is 6. The van der Waals surface area contributed by atoms with Crippen LogP contribution in [0.25, 0.3) is 0 Å². The topological polar surface area (TPSA) is 54.4 Å². The Bertz CT molecular complexity index is 234. The summed E-state index contributed by atoms with van der Waals surface area (Å²) < 4.78 is 11.7. The van der Waals surface area contributed by atoms with Gasteiger partial charge in [0.25, 0.3) is 0 Å². The monoisotopic (exact) mass is 218 g/mol. The van der Waals surface area contributed by atoms with E-state index in [1.165, 1.54) is 12.8 Å². The summed E-state index contributed by atoms with van der Waals surface area (Å²) in [6.45, 7) is 3.63. The molecule has 82 valence electrons. The molecule has 4 heteroatoms. The molecule has 0 aromatic carbocycles. The second kappa shape index (κ2) is 4.91. The van der Waals surface area contributed by atoms with Crippen molar-refractivity contribution < 1.29 is 14.1 Å². The molecule has 1 aliphatic carbocycles. The lowest BCUT2D eigenvalue weighted by Gasteiger charge is -2.15. The van der Waals surface area contributed by atoms with Crippen LogP contribution >= 0.6 is 0 Å². The van der Waals surface area contributed by atoms with E-state index in [4.69, 9.17) is 5.11 Å². The number of hydrogen-bond acceptors (Lipinski definition) is 2. The van der Waals surface area contributed by atoms with Crippen LogP contribution in [-0.2, 0) is 15.6 Å². The molecule has 14 heavy (non-hydrogen) atoms. The zero-order valence-electron chi connectivity index (χ0n) is 8.73.